The second-order valence-corrected chi connectivity index (χ2v) is 7.12. The summed E-state index contributed by atoms with van der Waals surface area (Å²) in [5.41, 5.74) is 0. The van der Waals surface area contributed by atoms with E-state index in [1.54, 1.807) is 7.11 Å². The van der Waals surface area contributed by atoms with Gasteiger partial charge in [-0.2, -0.15) is 5.10 Å². The van der Waals surface area contributed by atoms with E-state index in [9.17, 15) is 0 Å². The molecule has 0 amide bonds. The van der Waals surface area contributed by atoms with E-state index >= 15 is 0 Å². The van der Waals surface area contributed by atoms with Crippen LogP contribution < -0.4 is 9.47 Å². The summed E-state index contributed by atoms with van der Waals surface area (Å²) >= 11 is 5.59. The van der Waals surface area contributed by atoms with Crippen molar-refractivity contribution in [1.29, 1.82) is 0 Å². The van der Waals surface area contributed by atoms with Gasteiger partial charge in [0.25, 0.3) is 0 Å². The molecule has 4 rings (SSSR count). The van der Waals surface area contributed by atoms with Crippen LogP contribution in [0, 0.1) is 4.77 Å². The lowest BCUT2D eigenvalue weighted by atomic mass is 10.1. The minimum atomic E-state index is -0.267. The van der Waals surface area contributed by atoms with Crippen LogP contribution in [-0.2, 0) is 18.5 Å². The molecule has 8 heteroatoms. The summed E-state index contributed by atoms with van der Waals surface area (Å²) < 4.78 is 21.8. The van der Waals surface area contributed by atoms with E-state index in [1.807, 2.05) is 40.6 Å². The molecule has 26 heavy (non-hydrogen) atoms. The maximum Gasteiger partial charge on any atom is 0.198 e. The maximum atomic E-state index is 6.09. The molecular weight excluding hydrogens is 352 g/mol. The molecule has 0 spiro atoms. The molecule has 0 N–H and O–H groups in total. The SMILES string of the molecule is COC1CCN(Cn2nc(C3COc4ccccc4O3)n(C)c2=S)CC1. The molecule has 0 bridgehead atoms. The van der Waals surface area contributed by atoms with Gasteiger partial charge in [0.1, 0.15) is 6.61 Å². The Labute approximate surface area is 158 Å². The minimum absolute atomic E-state index is 0.267. The Bertz CT molecular complexity index is 826. The highest BCUT2D eigenvalue weighted by Gasteiger charge is 2.28. The average molecular weight is 376 g/mol. The third kappa shape index (κ3) is 3.36. The van der Waals surface area contributed by atoms with Gasteiger partial charge in [-0.3, -0.25) is 4.90 Å². The smallest absolute Gasteiger partial charge is 0.198 e. The molecule has 140 valence electrons. The molecule has 2 aliphatic rings. The Morgan fingerprint density at radius 2 is 1.96 bits per heavy atom. The minimum Gasteiger partial charge on any atom is -0.485 e. The fourth-order valence-electron chi connectivity index (χ4n) is 3.50. The van der Waals surface area contributed by atoms with Gasteiger partial charge in [0.05, 0.1) is 12.8 Å². The summed E-state index contributed by atoms with van der Waals surface area (Å²) in [5.74, 6) is 2.30. The zero-order valence-corrected chi connectivity index (χ0v) is 15.9. The number of benzene rings is 1. The maximum absolute atomic E-state index is 6.09. The van der Waals surface area contributed by atoms with Crippen LogP contribution in [-0.4, -0.2) is 52.2 Å². The van der Waals surface area contributed by atoms with Crippen molar-refractivity contribution in [2.45, 2.75) is 31.7 Å². The molecular formula is C18H24N4O3S. The lowest BCUT2D eigenvalue weighted by Crippen LogP contribution is -2.38. The number of likely N-dealkylation sites (tertiary alicyclic amines) is 1. The number of hydrogen-bond donors (Lipinski definition) is 0. The topological polar surface area (TPSA) is 53.7 Å². The summed E-state index contributed by atoms with van der Waals surface area (Å²) in [6, 6.07) is 7.69. The largest absolute Gasteiger partial charge is 0.485 e. The third-order valence-electron chi connectivity index (χ3n) is 5.07. The van der Waals surface area contributed by atoms with E-state index in [0.29, 0.717) is 24.2 Å². The predicted molar refractivity (Wildman–Crippen MR) is 98.9 cm³/mol. The summed E-state index contributed by atoms with van der Waals surface area (Å²) in [4.78, 5) is 2.36. The standard InChI is InChI=1S/C18H24N4O3S/c1-20-17(16-11-24-14-5-3-4-6-15(14)25-16)19-22(18(20)26)12-21-9-7-13(23-2)8-10-21/h3-6,13,16H,7-12H2,1-2H3. The number of hydrogen-bond acceptors (Lipinski definition) is 6. The number of nitrogens with zero attached hydrogens (tertiary/aromatic N) is 4. The van der Waals surface area contributed by atoms with Gasteiger partial charge >= 0.3 is 0 Å². The molecule has 0 saturated carbocycles. The molecule has 1 aromatic heterocycles. The zero-order valence-electron chi connectivity index (χ0n) is 15.1. The molecule has 1 saturated heterocycles. The molecule has 0 radical (unpaired) electrons. The van der Waals surface area contributed by atoms with Crippen LogP contribution in [0.2, 0.25) is 0 Å². The monoisotopic (exact) mass is 376 g/mol. The van der Waals surface area contributed by atoms with E-state index in [2.05, 4.69) is 4.90 Å². The third-order valence-corrected chi connectivity index (χ3v) is 5.56. The van der Waals surface area contributed by atoms with E-state index in [1.165, 1.54) is 0 Å². The fraction of sp³-hybridized carbons (Fsp3) is 0.556. The number of ether oxygens (including phenoxy) is 3. The van der Waals surface area contributed by atoms with Crippen LogP contribution in [0.15, 0.2) is 24.3 Å². The van der Waals surface area contributed by atoms with Gasteiger partial charge in [-0.15, -0.1) is 0 Å². The van der Waals surface area contributed by atoms with Crippen molar-refractivity contribution in [1.82, 2.24) is 19.2 Å². The molecule has 1 aromatic carbocycles. The van der Waals surface area contributed by atoms with Crippen LogP contribution >= 0.6 is 12.2 Å². The summed E-state index contributed by atoms with van der Waals surface area (Å²) in [6.45, 7) is 3.09. The molecule has 1 atom stereocenters. The molecule has 1 fully saturated rings. The van der Waals surface area contributed by atoms with E-state index < -0.39 is 0 Å². The van der Waals surface area contributed by atoms with Crippen LogP contribution in [0.1, 0.15) is 24.8 Å². The molecule has 2 aliphatic heterocycles. The highest BCUT2D eigenvalue weighted by atomic mass is 32.1. The first-order valence-corrected chi connectivity index (χ1v) is 9.34. The normalized spacial score (nSPS) is 21.1. The molecule has 2 aromatic rings. The Balaban J connectivity index is 1.49. The van der Waals surface area contributed by atoms with Gasteiger partial charge in [-0.05, 0) is 37.2 Å². The summed E-state index contributed by atoms with van der Waals surface area (Å²) in [6.07, 6.45) is 2.18. The first-order valence-electron chi connectivity index (χ1n) is 8.93. The van der Waals surface area contributed by atoms with Crippen molar-refractivity contribution >= 4 is 12.2 Å². The highest BCUT2D eigenvalue weighted by molar-refractivity contribution is 7.71. The Hall–Kier alpha value is -1.90. The summed E-state index contributed by atoms with van der Waals surface area (Å²) in [5, 5.41) is 4.74. The molecule has 3 heterocycles. The Kier molecular flexibility index (Phi) is 4.97. The second kappa shape index (κ2) is 7.38. The van der Waals surface area contributed by atoms with Gasteiger partial charge < -0.3 is 18.8 Å². The number of methoxy groups -OCH3 is 1. The van der Waals surface area contributed by atoms with Crippen LogP contribution in [0.4, 0.5) is 0 Å². The Morgan fingerprint density at radius 1 is 1.23 bits per heavy atom. The van der Waals surface area contributed by atoms with Gasteiger partial charge in [-0.1, -0.05) is 12.1 Å². The fourth-order valence-corrected chi connectivity index (χ4v) is 3.69. The van der Waals surface area contributed by atoms with Gasteiger partial charge in [0.15, 0.2) is 28.2 Å². The van der Waals surface area contributed by atoms with Crippen molar-refractivity contribution in [2.24, 2.45) is 7.05 Å². The number of aromatic nitrogens is 3. The average Bonchev–Trinajstić information content (AvgIpc) is 2.96. The van der Waals surface area contributed by atoms with Crippen molar-refractivity contribution in [3.63, 3.8) is 0 Å². The lowest BCUT2D eigenvalue weighted by Gasteiger charge is -2.30. The number of para-hydroxylation sites is 2. The summed E-state index contributed by atoms with van der Waals surface area (Å²) in [7, 11) is 3.72. The highest BCUT2D eigenvalue weighted by Crippen LogP contribution is 2.35. The predicted octanol–water partition coefficient (Wildman–Crippen LogP) is 2.53. The first kappa shape index (κ1) is 17.5. The zero-order chi connectivity index (χ0) is 18.1. The number of rotatable bonds is 4. The number of piperidine rings is 1. The molecule has 1 unspecified atom stereocenters. The molecule has 7 nitrogen and oxygen atoms in total. The van der Waals surface area contributed by atoms with E-state index in [-0.39, 0.29) is 6.10 Å². The molecule has 0 aliphatic carbocycles. The van der Waals surface area contributed by atoms with Crippen molar-refractivity contribution in [2.75, 3.05) is 26.8 Å². The second-order valence-electron chi connectivity index (χ2n) is 6.76. The van der Waals surface area contributed by atoms with Crippen LogP contribution in [0.25, 0.3) is 0 Å². The number of fused-ring (bicyclic) bond motifs is 1. The Morgan fingerprint density at radius 3 is 2.69 bits per heavy atom. The van der Waals surface area contributed by atoms with Gasteiger partial charge in [0, 0.05) is 27.2 Å². The van der Waals surface area contributed by atoms with Crippen molar-refractivity contribution < 1.29 is 14.2 Å². The van der Waals surface area contributed by atoms with E-state index in [0.717, 1.165) is 43.3 Å². The quantitative estimate of drug-likeness (QED) is 0.765. The van der Waals surface area contributed by atoms with Gasteiger partial charge in [0.2, 0.25) is 0 Å². The van der Waals surface area contributed by atoms with Crippen LogP contribution in [0.3, 0.4) is 0 Å². The van der Waals surface area contributed by atoms with Crippen molar-refractivity contribution in [3.05, 3.63) is 34.9 Å². The van der Waals surface area contributed by atoms with Crippen molar-refractivity contribution in [3.8, 4) is 11.5 Å². The lowest BCUT2D eigenvalue weighted by molar-refractivity contribution is 0.0298. The first-order chi connectivity index (χ1) is 12.7. The van der Waals surface area contributed by atoms with Crippen LogP contribution in [0.5, 0.6) is 11.5 Å². The van der Waals surface area contributed by atoms with E-state index in [4.69, 9.17) is 31.5 Å². The van der Waals surface area contributed by atoms with Gasteiger partial charge in [-0.25, -0.2) is 4.68 Å².